The van der Waals surface area contributed by atoms with E-state index in [1.165, 1.54) is 71.0 Å². The monoisotopic (exact) mass is 198 g/mol. The predicted molar refractivity (Wildman–Crippen MR) is 62.4 cm³/mol. The van der Waals surface area contributed by atoms with Gasteiger partial charge in [0, 0.05) is 0 Å². The number of hydrogen-bond donors (Lipinski definition) is 1. The molecule has 0 saturated carbocycles. The van der Waals surface area contributed by atoms with Crippen LogP contribution in [0.3, 0.4) is 0 Å². The first-order valence-electron chi connectivity index (χ1n) is 6.36. The predicted octanol–water partition coefficient (Wildman–Crippen LogP) is 2.38. The molecule has 2 heteroatoms. The largest absolute Gasteiger partial charge is 0.330 e. The molecule has 0 spiro atoms. The Morgan fingerprint density at radius 3 is 2.07 bits per heavy atom. The highest BCUT2D eigenvalue weighted by atomic mass is 15.1. The van der Waals surface area contributed by atoms with Gasteiger partial charge >= 0.3 is 0 Å². The molecule has 1 aliphatic heterocycles. The van der Waals surface area contributed by atoms with Crippen LogP contribution >= 0.6 is 0 Å². The summed E-state index contributed by atoms with van der Waals surface area (Å²) in [7, 11) is 0. The summed E-state index contributed by atoms with van der Waals surface area (Å²) < 4.78 is 0. The highest BCUT2D eigenvalue weighted by molar-refractivity contribution is 4.63. The lowest BCUT2D eigenvalue weighted by Gasteiger charge is -2.19. The van der Waals surface area contributed by atoms with Crippen molar-refractivity contribution in [3.05, 3.63) is 0 Å². The van der Waals surface area contributed by atoms with Gasteiger partial charge < -0.3 is 10.6 Å². The highest BCUT2D eigenvalue weighted by Gasteiger charge is 2.07. The average molecular weight is 198 g/mol. The van der Waals surface area contributed by atoms with Gasteiger partial charge in [0.2, 0.25) is 0 Å². The molecule has 1 saturated heterocycles. The van der Waals surface area contributed by atoms with Crippen molar-refractivity contribution in [1.29, 1.82) is 0 Å². The number of nitrogens with zero attached hydrogens (tertiary/aromatic N) is 1. The number of nitrogens with two attached hydrogens (primary N) is 1. The van der Waals surface area contributed by atoms with Crippen LogP contribution in [-0.2, 0) is 0 Å². The first-order valence-corrected chi connectivity index (χ1v) is 6.36. The fraction of sp³-hybridized carbons (Fsp3) is 1.00. The molecule has 0 aromatic heterocycles. The van der Waals surface area contributed by atoms with Crippen LogP contribution in [0, 0.1) is 0 Å². The summed E-state index contributed by atoms with van der Waals surface area (Å²) in [4.78, 5) is 2.65. The normalized spacial score (nSPS) is 19.5. The third kappa shape index (κ3) is 5.61. The van der Waals surface area contributed by atoms with Crippen molar-refractivity contribution in [2.75, 3.05) is 26.2 Å². The molecule has 14 heavy (non-hydrogen) atoms. The Morgan fingerprint density at radius 2 is 1.43 bits per heavy atom. The van der Waals surface area contributed by atoms with Gasteiger partial charge in [0.05, 0.1) is 0 Å². The van der Waals surface area contributed by atoms with Gasteiger partial charge in [-0.2, -0.15) is 0 Å². The van der Waals surface area contributed by atoms with E-state index in [2.05, 4.69) is 4.90 Å². The van der Waals surface area contributed by atoms with Crippen LogP contribution in [-0.4, -0.2) is 31.1 Å². The second-order valence-corrected chi connectivity index (χ2v) is 4.46. The van der Waals surface area contributed by atoms with Gasteiger partial charge in [0.15, 0.2) is 0 Å². The van der Waals surface area contributed by atoms with Gasteiger partial charge in [-0.3, -0.25) is 0 Å². The van der Waals surface area contributed by atoms with E-state index in [1.807, 2.05) is 0 Å². The molecule has 0 aromatic carbocycles. The molecule has 0 atom stereocenters. The van der Waals surface area contributed by atoms with Crippen LogP contribution in [0.2, 0.25) is 0 Å². The maximum atomic E-state index is 5.46. The van der Waals surface area contributed by atoms with Crippen LogP contribution < -0.4 is 5.73 Å². The fourth-order valence-electron chi connectivity index (χ4n) is 2.19. The summed E-state index contributed by atoms with van der Waals surface area (Å²) in [5.41, 5.74) is 5.46. The Morgan fingerprint density at radius 1 is 0.786 bits per heavy atom. The fourth-order valence-corrected chi connectivity index (χ4v) is 2.19. The molecule has 0 bridgehead atoms. The quantitative estimate of drug-likeness (QED) is 0.664. The topological polar surface area (TPSA) is 29.3 Å². The van der Waals surface area contributed by atoms with E-state index in [0.29, 0.717) is 0 Å². The van der Waals surface area contributed by atoms with E-state index in [4.69, 9.17) is 5.73 Å². The molecule has 1 rings (SSSR count). The summed E-state index contributed by atoms with van der Waals surface area (Å²) in [5.74, 6) is 0. The van der Waals surface area contributed by atoms with E-state index in [9.17, 15) is 0 Å². The first kappa shape index (κ1) is 12.0. The summed E-state index contributed by atoms with van der Waals surface area (Å²) in [6.07, 6.45) is 11.0. The van der Waals surface area contributed by atoms with Crippen LogP contribution in [0.15, 0.2) is 0 Å². The molecular formula is C12H26N2. The smallest absolute Gasteiger partial charge is 0.00187 e. The minimum Gasteiger partial charge on any atom is -0.330 e. The Kier molecular flexibility index (Phi) is 7.06. The Bertz CT molecular complexity index is 117. The minimum atomic E-state index is 0.865. The number of likely N-dealkylation sites (tertiary alicyclic amines) is 1. The Hall–Kier alpha value is -0.0800. The Balaban J connectivity index is 1.93. The van der Waals surface area contributed by atoms with Crippen molar-refractivity contribution < 1.29 is 0 Å². The van der Waals surface area contributed by atoms with Gasteiger partial charge in [0.25, 0.3) is 0 Å². The third-order valence-electron chi connectivity index (χ3n) is 3.13. The average Bonchev–Trinajstić information content (AvgIpc) is 2.46. The van der Waals surface area contributed by atoms with Gasteiger partial charge in [-0.05, 0) is 51.9 Å². The molecule has 0 unspecified atom stereocenters. The van der Waals surface area contributed by atoms with Gasteiger partial charge in [-0.25, -0.2) is 0 Å². The van der Waals surface area contributed by atoms with Crippen molar-refractivity contribution in [2.45, 2.75) is 51.4 Å². The van der Waals surface area contributed by atoms with E-state index >= 15 is 0 Å². The van der Waals surface area contributed by atoms with Crippen molar-refractivity contribution in [2.24, 2.45) is 5.73 Å². The lowest BCUT2D eigenvalue weighted by molar-refractivity contribution is 0.278. The van der Waals surface area contributed by atoms with Gasteiger partial charge in [-0.1, -0.05) is 25.7 Å². The van der Waals surface area contributed by atoms with E-state index in [0.717, 1.165) is 6.54 Å². The zero-order chi connectivity index (χ0) is 10.1. The second kappa shape index (κ2) is 8.25. The lowest BCUT2D eigenvalue weighted by atomic mass is 10.2. The minimum absolute atomic E-state index is 0.865. The zero-order valence-electron chi connectivity index (χ0n) is 9.51. The van der Waals surface area contributed by atoms with Crippen molar-refractivity contribution in [3.8, 4) is 0 Å². The summed E-state index contributed by atoms with van der Waals surface area (Å²) in [6.45, 7) is 4.88. The van der Waals surface area contributed by atoms with E-state index in [-0.39, 0.29) is 0 Å². The lowest BCUT2D eigenvalue weighted by Crippen LogP contribution is -2.25. The summed E-state index contributed by atoms with van der Waals surface area (Å²) >= 11 is 0. The number of hydrogen-bond acceptors (Lipinski definition) is 2. The molecule has 0 aromatic rings. The number of unbranched alkanes of at least 4 members (excludes halogenated alkanes) is 3. The van der Waals surface area contributed by atoms with Crippen molar-refractivity contribution in [3.63, 3.8) is 0 Å². The van der Waals surface area contributed by atoms with Crippen LogP contribution in [0.5, 0.6) is 0 Å². The van der Waals surface area contributed by atoms with Crippen LogP contribution in [0.4, 0.5) is 0 Å². The van der Waals surface area contributed by atoms with Crippen LogP contribution in [0.25, 0.3) is 0 Å². The standard InChI is InChI=1S/C12H26N2/c13-9-5-1-2-6-10-14-11-7-3-4-8-12-14/h1-13H2. The summed E-state index contributed by atoms with van der Waals surface area (Å²) in [5, 5.41) is 0. The van der Waals surface area contributed by atoms with Crippen LogP contribution in [0.1, 0.15) is 51.4 Å². The SMILES string of the molecule is NCCCCCCN1CCCCCC1. The van der Waals surface area contributed by atoms with Crippen molar-refractivity contribution in [1.82, 2.24) is 4.90 Å². The second-order valence-electron chi connectivity index (χ2n) is 4.46. The molecule has 0 radical (unpaired) electrons. The first-order chi connectivity index (χ1) is 6.93. The molecule has 1 fully saturated rings. The van der Waals surface area contributed by atoms with E-state index < -0.39 is 0 Å². The summed E-state index contributed by atoms with van der Waals surface area (Å²) in [6, 6.07) is 0. The maximum Gasteiger partial charge on any atom is -0.00187 e. The maximum absolute atomic E-state index is 5.46. The Labute approximate surface area is 88.8 Å². The van der Waals surface area contributed by atoms with Gasteiger partial charge in [-0.15, -0.1) is 0 Å². The van der Waals surface area contributed by atoms with E-state index in [1.54, 1.807) is 0 Å². The molecule has 1 aliphatic rings. The molecular weight excluding hydrogens is 172 g/mol. The highest BCUT2D eigenvalue weighted by Crippen LogP contribution is 2.10. The molecule has 84 valence electrons. The van der Waals surface area contributed by atoms with Crippen molar-refractivity contribution >= 4 is 0 Å². The van der Waals surface area contributed by atoms with Gasteiger partial charge in [0.1, 0.15) is 0 Å². The molecule has 2 nitrogen and oxygen atoms in total. The molecule has 0 amide bonds. The zero-order valence-corrected chi connectivity index (χ0v) is 9.51. The molecule has 1 heterocycles. The molecule has 0 aliphatic carbocycles. The number of rotatable bonds is 6. The molecule has 2 N–H and O–H groups in total. The third-order valence-corrected chi connectivity index (χ3v) is 3.13.